The lowest BCUT2D eigenvalue weighted by atomic mass is 10.1. The van der Waals surface area contributed by atoms with Gasteiger partial charge in [0, 0.05) is 24.7 Å². The van der Waals surface area contributed by atoms with Crippen LogP contribution in [0, 0.1) is 23.0 Å². The quantitative estimate of drug-likeness (QED) is 0.492. The smallest absolute Gasteiger partial charge is 0.270 e. The number of methoxy groups -OCH3 is 1. The fraction of sp³-hybridized carbons (Fsp3) is 0.400. The van der Waals surface area contributed by atoms with Gasteiger partial charge in [0.05, 0.1) is 16.9 Å². The summed E-state index contributed by atoms with van der Waals surface area (Å²) in [6.07, 6.45) is 1.98. The lowest BCUT2D eigenvalue weighted by molar-refractivity contribution is -0.385. The number of benzene rings is 2. The highest BCUT2D eigenvalue weighted by atomic mass is 32.2. The molecule has 1 aliphatic rings. The predicted molar refractivity (Wildman–Crippen MR) is 106 cm³/mol. The molecule has 150 valence electrons. The molecule has 28 heavy (non-hydrogen) atoms. The third-order valence-corrected chi connectivity index (χ3v) is 7.30. The molecule has 1 saturated carbocycles. The van der Waals surface area contributed by atoms with Crippen molar-refractivity contribution in [3.05, 3.63) is 63.7 Å². The first-order chi connectivity index (χ1) is 13.2. The van der Waals surface area contributed by atoms with Crippen molar-refractivity contribution in [1.82, 2.24) is 4.31 Å². The summed E-state index contributed by atoms with van der Waals surface area (Å²) in [5.41, 5.74) is 1.10. The molecule has 0 aliphatic heterocycles. The zero-order chi connectivity index (χ0) is 20.5. The number of ether oxygens (including phenoxy) is 1. The van der Waals surface area contributed by atoms with E-state index in [9.17, 15) is 18.5 Å². The summed E-state index contributed by atoms with van der Waals surface area (Å²) >= 11 is 0. The van der Waals surface area contributed by atoms with Gasteiger partial charge in [-0.05, 0) is 55.9 Å². The molecule has 0 heterocycles. The second kappa shape index (κ2) is 7.89. The third-order valence-electron chi connectivity index (χ3n) is 5.23. The molecule has 8 heteroatoms. The van der Waals surface area contributed by atoms with Gasteiger partial charge >= 0.3 is 0 Å². The highest BCUT2D eigenvalue weighted by Gasteiger charge is 2.39. The monoisotopic (exact) mass is 404 g/mol. The van der Waals surface area contributed by atoms with Crippen LogP contribution in [-0.2, 0) is 16.6 Å². The highest BCUT2D eigenvalue weighted by molar-refractivity contribution is 7.89. The van der Waals surface area contributed by atoms with Gasteiger partial charge in [-0.25, -0.2) is 8.42 Å². The van der Waals surface area contributed by atoms with Crippen molar-refractivity contribution >= 4 is 15.7 Å². The van der Waals surface area contributed by atoms with E-state index in [-0.39, 0.29) is 23.2 Å². The fourth-order valence-corrected chi connectivity index (χ4v) is 5.21. The van der Waals surface area contributed by atoms with Crippen LogP contribution in [0.4, 0.5) is 5.69 Å². The predicted octanol–water partition coefficient (Wildman–Crippen LogP) is 3.90. The van der Waals surface area contributed by atoms with E-state index in [1.165, 1.54) is 16.4 Å². The molecule has 3 rings (SSSR count). The minimum Gasteiger partial charge on any atom is -0.497 e. The molecule has 0 amide bonds. The minimum atomic E-state index is -3.91. The minimum absolute atomic E-state index is 0.0114. The lowest BCUT2D eigenvalue weighted by Crippen LogP contribution is -2.39. The third kappa shape index (κ3) is 4.18. The first-order valence-corrected chi connectivity index (χ1v) is 10.6. The number of rotatable bonds is 8. The van der Waals surface area contributed by atoms with Gasteiger partial charge in [-0.2, -0.15) is 4.31 Å². The van der Waals surface area contributed by atoms with E-state index in [0.717, 1.165) is 24.5 Å². The van der Waals surface area contributed by atoms with Crippen LogP contribution in [0.5, 0.6) is 5.75 Å². The molecular formula is C20H24N2O5S. The van der Waals surface area contributed by atoms with Gasteiger partial charge in [0.1, 0.15) is 5.75 Å². The zero-order valence-electron chi connectivity index (χ0n) is 16.2. The first-order valence-electron chi connectivity index (χ1n) is 9.14. The van der Waals surface area contributed by atoms with Gasteiger partial charge < -0.3 is 4.74 Å². The molecule has 1 fully saturated rings. The number of sulfonamides is 1. The maximum absolute atomic E-state index is 13.5. The lowest BCUT2D eigenvalue weighted by Gasteiger charge is -2.29. The Kier molecular flexibility index (Phi) is 5.71. The van der Waals surface area contributed by atoms with Crippen LogP contribution in [0.25, 0.3) is 0 Å². The summed E-state index contributed by atoms with van der Waals surface area (Å²) in [6.45, 7) is 3.77. The van der Waals surface area contributed by atoms with Gasteiger partial charge in [0.15, 0.2) is 0 Å². The molecular weight excluding hydrogens is 380 g/mol. The summed E-state index contributed by atoms with van der Waals surface area (Å²) in [4.78, 5) is 10.6. The second-order valence-corrected chi connectivity index (χ2v) is 9.04. The van der Waals surface area contributed by atoms with Gasteiger partial charge in [0.25, 0.3) is 5.69 Å². The van der Waals surface area contributed by atoms with E-state index in [4.69, 9.17) is 4.74 Å². The fourth-order valence-electron chi connectivity index (χ4n) is 3.28. The normalized spacial score (nSPS) is 15.4. The Labute approximate surface area is 165 Å². The average molecular weight is 404 g/mol. The van der Waals surface area contributed by atoms with Crippen molar-refractivity contribution in [2.75, 3.05) is 7.11 Å². The van der Waals surface area contributed by atoms with Crippen LogP contribution >= 0.6 is 0 Å². The Morgan fingerprint density at radius 1 is 1.21 bits per heavy atom. The zero-order valence-corrected chi connectivity index (χ0v) is 17.0. The van der Waals surface area contributed by atoms with Crippen molar-refractivity contribution < 1.29 is 18.1 Å². The van der Waals surface area contributed by atoms with Gasteiger partial charge in [-0.15, -0.1) is 0 Å². The number of nitro benzene ring substituents is 1. The van der Waals surface area contributed by atoms with Crippen LogP contribution < -0.4 is 4.74 Å². The average Bonchev–Trinajstić information content (AvgIpc) is 3.51. The Hall–Kier alpha value is -2.45. The molecule has 0 saturated heterocycles. The van der Waals surface area contributed by atoms with Crippen molar-refractivity contribution in [2.24, 2.45) is 5.92 Å². The summed E-state index contributed by atoms with van der Waals surface area (Å²) in [5, 5.41) is 11.2. The molecule has 2 aromatic carbocycles. The number of aryl methyl sites for hydroxylation is 1. The molecule has 2 aromatic rings. The van der Waals surface area contributed by atoms with Gasteiger partial charge in [-0.3, -0.25) is 10.1 Å². The van der Waals surface area contributed by atoms with E-state index in [2.05, 4.69) is 0 Å². The molecule has 0 radical (unpaired) electrons. The number of hydrogen-bond acceptors (Lipinski definition) is 5. The van der Waals surface area contributed by atoms with Crippen LogP contribution in [0.2, 0.25) is 0 Å². The largest absolute Gasteiger partial charge is 0.497 e. The summed E-state index contributed by atoms with van der Waals surface area (Å²) in [5.74, 6) is 1.01. The number of hydrogen-bond donors (Lipinski definition) is 0. The van der Waals surface area contributed by atoms with E-state index in [1.807, 2.05) is 19.1 Å². The van der Waals surface area contributed by atoms with Crippen LogP contribution in [0.3, 0.4) is 0 Å². The van der Waals surface area contributed by atoms with E-state index < -0.39 is 14.9 Å². The molecule has 7 nitrogen and oxygen atoms in total. The SMILES string of the molecule is COc1ccc(CN(C(C)C2CC2)S(=O)(=O)c2cc([N+](=O)[O-])ccc2C)cc1. The standard InChI is InChI=1S/C20H24N2O5S/c1-14-4-9-18(22(23)24)12-20(14)28(25,26)21(15(2)17-7-8-17)13-16-5-10-19(27-3)11-6-16/h4-6,9-12,15,17H,7-8,13H2,1-3H3. The summed E-state index contributed by atoms with van der Waals surface area (Å²) in [6, 6.07) is 11.0. The van der Waals surface area contributed by atoms with Crippen LogP contribution in [0.1, 0.15) is 30.9 Å². The number of nitrogens with zero attached hydrogens (tertiary/aromatic N) is 2. The van der Waals surface area contributed by atoms with Gasteiger partial charge in [0.2, 0.25) is 10.0 Å². The Bertz CT molecular complexity index is 969. The topological polar surface area (TPSA) is 89.8 Å². The second-order valence-electron chi connectivity index (χ2n) is 7.18. The Morgan fingerprint density at radius 3 is 2.39 bits per heavy atom. The first kappa shape index (κ1) is 20.3. The van der Waals surface area contributed by atoms with Crippen molar-refractivity contribution in [1.29, 1.82) is 0 Å². The highest BCUT2D eigenvalue weighted by Crippen LogP contribution is 2.38. The maximum Gasteiger partial charge on any atom is 0.270 e. The molecule has 1 atom stereocenters. The molecule has 0 spiro atoms. The van der Waals surface area contributed by atoms with Crippen LogP contribution in [0.15, 0.2) is 47.4 Å². The Morgan fingerprint density at radius 2 is 1.86 bits per heavy atom. The van der Waals surface area contributed by atoms with Crippen molar-refractivity contribution in [2.45, 2.75) is 44.2 Å². The maximum atomic E-state index is 13.5. The molecule has 0 N–H and O–H groups in total. The molecule has 1 unspecified atom stereocenters. The molecule has 1 aliphatic carbocycles. The molecule has 0 aromatic heterocycles. The summed E-state index contributed by atoms with van der Waals surface area (Å²) < 4.78 is 33.6. The summed E-state index contributed by atoms with van der Waals surface area (Å²) in [7, 11) is -2.33. The van der Waals surface area contributed by atoms with Gasteiger partial charge in [-0.1, -0.05) is 18.2 Å². The molecule has 0 bridgehead atoms. The van der Waals surface area contributed by atoms with E-state index >= 15 is 0 Å². The van der Waals surface area contributed by atoms with Crippen molar-refractivity contribution in [3.8, 4) is 5.75 Å². The van der Waals surface area contributed by atoms with E-state index in [1.54, 1.807) is 26.2 Å². The van der Waals surface area contributed by atoms with Crippen molar-refractivity contribution in [3.63, 3.8) is 0 Å². The Balaban J connectivity index is 2.01. The van der Waals surface area contributed by atoms with E-state index in [0.29, 0.717) is 17.2 Å². The van der Waals surface area contributed by atoms with Crippen LogP contribution in [-0.4, -0.2) is 30.8 Å². The number of nitro groups is 1. The number of non-ortho nitro benzene ring substituents is 1.